The van der Waals surface area contributed by atoms with E-state index in [0.29, 0.717) is 0 Å². The Labute approximate surface area is 108 Å². The molecule has 0 bridgehead atoms. The molecule has 0 fully saturated rings. The first-order chi connectivity index (χ1) is 9.09. The molecule has 2 rings (SSSR count). The highest BCUT2D eigenvalue weighted by Crippen LogP contribution is 2.06. The van der Waals surface area contributed by atoms with Gasteiger partial charge in [-0.15, -0.1) is 0 Å². The maximum absolute atomic E-state index is 11.8. The lowest BCUT2D eigenvalue weighted by atomic mass is 10.1. The molecule has 7 heteroatoms. The number of hydrogen-bond acceptors (Lipinski definition) is 4. The van der Waals surface area contributed by atoms with E-state index in [-0.39, 0.29) is 17.9 Å². The predicted molar refractivity (Wildman–Crippen MR) is 65.7 cm³/mol. The van der Waals surface area contributed by atoms with Crippen molar-refractivity contribution >= 4 is 11.9 Å². The Kier molecular flexibility index (Phi) is 3.56. The van der Waals surface area contributed by atoms with Crippen LogP contribution in [0.15, 0.2) is 24.8 Å². The molecule has 0 atom stereocenters. The van der Waals surface area contributed by atoms with E-state index in [2.05, 4.69) is 20.3 Å². The lowest BCUT2D eigenvalue weighted by molar-refractivity contribution is 0.0685. The largest absolute Gasteiger partial charge is 0.477 e. The topological polar surface area (TPSA) is 108 Å². The molecule has 0 aliphatic rings. The standard InChI is InChI=1S/C12H12N4O3/c1-7-2-3-13-4-8(7)5-14-11(17)9-10(12(18)19)16-6-15-9/h2-4,6H,5H2,1H3,(H,14,17)(H,15,16)(H,18,19). The number of carboxylic acids is 1. The summed E-state index contributed by atoms with van der Waals surface area (Å²) in [5.41, 5.74) is 1.51. The number of H-pyrrole nitrogens is 1. The molecular weight excluding hydrogens is 248 g/mol. The number of carboxylic acid groups (broad SMARTS) is 1. The molecule has 2 heterocycles. The Hall–Kier alpha value is -2.70. The molecule has 98 valence electrons. The predicted octanol–water partition coefficient (Wildman–Crippen LogP) is 0.741. The molecule has 1 amide bonds. The first-order valence-electron chi connectivity index (χ1n) is 5.54. The molecule has 0 unspecified atom stereocenters. The van der Waals surface area contributed by atoms with Gasteiger partial charge >= 0.3 is 5.97 Å². The van der Waals surface area contributed by atoms with Crippen molar-refractivity contribution in [2.45, 2.75) is 13.5 Å². The number of aromatic nitrogens is 3. The highest BCUT2D eigenvalue weighted by molar-refractivity contribution is 6.02. The molecule has 0 aliphatic carbocycles. The summed E-state index contributed by atoms with van der Waals surface area (Å²) in [6, 6.07) is 1.83. The summed E-state index contributed by atoms with van der Waals surface area (Å²) in [6.45, 7) is 2.17. The number of imidazole rings is 1. The summed E-state index contributed by atoms with van der Waals surface area (Å²) < 4.78 is 0. The number of carbonyl (C=O) groups excluding carboxylic acids is 1. The van der Waals surface area contributed by atoms with E-state index in [9.17, 15) is 9.59 Å². The number of aromatic amines is 1. The van der Waals surface area contributed by atoms with Crippen molar-refractivity contribution in [1.29, 1.82) is 0 Å². The number of pyridine rings is 1. The third kappa shape index (κ3) is 2.76. The molecule has 3 N–H and O–H groups in total. The van der Waals surface area contributed by atoms with E-state index in [0.717, 1.165) is 11.1 Å². The quantitative estimate of drug-likeness (QED) is 0.751. The normalized spacial score (nSPS) is 10.2. The van der Waals surface area contributed by atoms with Gasteiger partial charge in [0.05, 0.1) is 6.33 Å². The van der Waals surface area contributed by atoms with Crippen LogP contribution in [0.2, 0.25) is 0 Å². The van der Waals surface area contributed by atoms with E-state index >= 15 is 0 Å². The molecule has 2 aromatic heterocycles. The van der Waals surface area contributed by atoms with Crippen LogP contribution in [0.3, 0.4) is 0 Å². The SMILES string of the molecule is Cc1ccncc1CNC(=O)c1nc[nH]c1C(=O)O. The van der Waals surface area contributed by atoms with Crippen LogP contribution in [0.4, 0.5) is 0 Å². The Bertz CT molecular complexity index is 621. The lowest BCUT2D eigenvalue weighted by Gasteiger charge is -2.06. The molecule has 7 nitrogen and oxygen atoms in total. The number of nitrogens with one attached hydrogen (secondary N) is 2. The first-order valence-corrected chi connectivity index (χ1v) is 5.54. The van der Waals surface area contributed by atoms with Crippen molar-refractivity contribution in [2.75, 3.05) is 0 Å². The summed E-state index contributed by atoms with van der Waals surface area (Å²) in [5, 5.41) is 11.5. The van der Waals surface area contributed by atoms with Gasteiger partial charge in [-0.1, -0.05) is 0 Å². The van der Waals surface area contributed by atoms with Crippen molar-refractivity contribution in [1.82, 2.24) is 20.3 Å². The molecule has 0 radical (unpaired) electrons. The average Bonchev–Trinajstić information content (AvgIpc) is 2.87. The van der Waals surface area contributed by atoms with Crippen LogP contribution in [0.1, 0.15) is 32.1 Å². The molecule has 0 spiro atoms. The molecule has 0 aromatic carbocycles. The molecule has 2 aromatic rings. The van der Waals surface area contributed by atoms with Crippen LogP contribution >= 0.6 is 0 Å². The van der Waals surface area contributed by atoms with Gasteiger partial charge in [0.2, 0.25) is 0 Å². The fraction of sp³-hybridized carbons (Fsp3) is 0.167. The third-order valence-corrected chi connectivity index (χ3v) is 2.66. The van der Waals surface area contributed by atoms with Gasteiger partial charge in [-0.25, -0.2) is 9.78 Å². The van der Waals surface area contributed by atoms with Gasteiger partial charge in [0, 0.05) is 18.9 Å². The fourth-order valence-corrected chi connectivity index (χ4v) is 1.57. The van der Waals surface area contributed by atoms with Crippen LogP contribution in [0.5, 0.6) is 0 Å². The monoisotopic (exact) mass is 260 g/mol. The molecule has 0 saturated heterocycles. The number of aryl methyl sites for hydroxylation is 1. The zero-order chi connectivity index (χ0) is 13.8. The summed E-state index contributed by atoms with van der Waals surface area (Å²) in [5.74, 6) is -1.76. The summed E-state index contributed by atoms with van der Waals surface area (Å²) >= 11 is 0. The lowest BCUT2D eigenvalue weighted by Crippen LogP contribution is -2.25. The van der Waals surface area contributed by atoms with Crippen LogP contribution < -0.4 is 5.32 Å². The molecule has 19 heavy (non-hydrogen) atoms. The number of amides is 1. The van der Waals surface area contributed by atoms with Gasteiger partial charge in [0.15, 0.2) is 11.4 Å². The highest BCUT2D eigenvalue weighted by atomic mass is 16.4. The van der Waals surface area contributed by atoms with E-state index in [1.54, 1.807) is 12.4 Å². The summed E-state index contributed by atoms with van der Waals surface area (Å²) in [4.78, 5) is 32.8. The van der Waals surface area contributed by atoms with Gasteiger partial charge in [0.25, 0.3) is 5.91 Å². The van der Waals surface area contributed by atoms with Crippen LogP contribution in [0.25, 0.3) is 0 Å². The van der Waals surface area contributed by atoms with Crippen LogP contribution in [-0.4, -0.2) is 31.9 Å². The van der Waals surface area contributed by atoms with Crippen molar-refractivity contribution in [3.05, 3.63) is 47.3 Å². The number of nitrogens with zero attached hydrogens (tertiary/aromatic N) is 2. The number of hydrogen-bond donors (Lipinski definition) is 3. The second kappa shape index (κ2) is 5.30. The Morgan fingerprint density at radius 1 is 1.47 bits per heavy atom. The van der Waals surface area contributed by atoms with Crippen molar-refractivity contribution in [2.24, 2.45) is 0 Å². The number of aromatic carboxylic acids is 1. The minimum absolute atomic E-state index is 0.131. The Morgan fingerprint density at radius 2 is 2.26 bits per heavy atom. The zero-order valence-corrected chi connectivity index (χ0v) is 10.2. The van der Waals surface area contributed by atoms with E-state index in [4.69, 9.17) is 5.11 Å². The Balaban J connectivity index is 2.08. The maximum atomic E-state index is 11.8. The Morgan fingerprint density at radius 3 is 2.95 bits per heavy atom. The van der Waals surface area contributed by atoms with Gasteiger partial charge in [-0.2, -0.15) is 0 Å². The molecule has 0 aliphatic heterocycles. The fourth-order valence-electron chi connectivity index (χ4n) is 1.57. The van der Waals surface area contributed by atoms with Gasteiger partial charge < -0.3 is 15.4 Å². The third-order valence-electron chi connectivity index (χ3n) is 2.66. The number of carbonyl (C=O) groups is 2. The number of rotatable bonds is 4. The van der Waals surface area contributed by atoms with Gasteiger partial charge in [0.1, 0.15) is 0 Å². The van der Waals surface area contributed by atoms with E-state index < -0.39 is 11.9 Å². The van der Waals surface area contributed by atoms with Crippen LogP contribution in [-0.2, 0) is 6.54 Å². The molecular formula is C12H12N4O3. The second-order valence-corrected chi connectivity index (χ2v) is 3.92. The highest BCUT2D eigenvalue weighted by Gasteiger charge is 2.19. The van der Waals surface area contributed by atoms with Crippen molar-refractivity contribution in [3.63, 3.8) is 0 Å². The average molecular weight is 260 g/mol. The smallest absolute Gasteiger partial charge is 0.354 e. The second-order valence-electron chi connectivity index (χ2n) is 3.92. The van der Waals surface area contributed by atoms with Gasteiger partial charge in [-0.05, 0) is 24.1 Å². The van der Waals surface area contributed by atoms with Crippen LogP contribution in [0, 0.1) is 6.92 Å². The van der Waals surface area contributed by atoms with Gasteiger partial charge in [-0.3, -0.25) is 9.78 Å². The van der Waals surface area contributed by atoms with E-state index in [1.165, 1.54) is 6.33 Å². The minimum Gasteiger partial charge on any atom is -0.477 e. The molecule has 0 saturated carbocycles. The zero-order valence-electron chi connectivity index (χ0n) is 10.2. The maximum Gasteiger partial charge on any atom is 0.354 e. The van der Waals surface area contributed by atoms with Crippen molar-refractivity contribution < 1.29 is 14.7 Å². The van der Waals surface area contributed by atoms with E-state index in [1.807, 2.05) is 13.0 Å². The van der Waals surface area contributed by atoms with Crippen molar-refractivity contribution in [3.8, 4) is 0 Å². The summed E-state index contributed by atoms with van der Waals surface area (Å²) in [7, 11) is 0. The minimum atomic E-state index is -1.22. The first kappa shape index (κ1) is 12.7. The summed E-state index contributed by atoms with van der Waals surface area (Å²) in [6.07, 6.45) is 4.49.